The summed E-state index contributed by atoms with van der Waals surface area (Å²) in [6.45, 7) is 0. The molecule has 1 nitrogen and oxygen atoms in total. The first-order valence-electron chi connectivity index (χ1n) is 5.18. The van der Waals surface area contributed by atoms with Crippen molar-refractivity contribution in [1.82, 2.24) is 0 Å². The van der Waals surface area contributed by atoms with Gasteiger partial charge in [0.05, 0.1) is 10.9 Å². The topological polar surface area (TPSA) is 17.1 Å². The summed E-state index contributed by atoms with van der Waals surface area (Å²) in [6, 6.07) is 13.7. The Morgan fingerprint density at radius 1 is 1.06 bits per heavy atom. The molecule has 17 heavy (non-hydrogen) atoms. The maximum atomic E-state index is 13.8. The summed E-state index contributed by atoms with van der Waals surface area (Å²) >= 11 is 5.71. The maximum Gasteiger partial charge on any atom is 0.146 e. The molecule has 1 unspecified atom stereocenters. The molecule has 0 aliphatic heterocycles. The highest BCUT2D eigenvalue weighted by Gasteiger charge is 2.18. The van der Waals surface area contributed by atoms with E-state index in [1.807, 2.05) is 18.2 Å². The van der Waals surface area contributed by atoms with Crippen molar-refractivity contribution in [1.29, 1.82) is 0 Å². The van der Waals surface area contributed by atoms with Crippen molar-refractivity contribution in [3.05, 3.63) is 70.5 Å². The van der Waals surface area contributed by atoms with Gasteiger partial charge in [-0.15, -0.1) is 0 Å². The zero-order valence-electron chi connectivity index (χ0n) is 8.94. The summed E-state index contributed by atoms with van der Waals surface area (Å²) in [5.41, 5.74) is 1.06. The fraction of sp³-hybridized carbons (Fsp3) is 0.0714. The third-order valence-electron chi connectivity index (χ3n) is 2.61. The molecule has 2 rings (SSSR count). The van der Waals surface area contributed by atoms with E-state index in [2.05, 4.69) is 0 Å². The molecule has 0 aliphatic rings. The first kappa shape index (κ1) is 11.8. The largest absolute Gasteiger partial charge is 0.302 e. The van der Waals surface area contributed by atoms with Crippen LogP contribution in [-0.4, -0.2) is 6.29 Å². The molecule has 3 heteroatoms. The molecule has 0 radical (unpaired) electrons. The monoisotopic (exact) mass is 248 g/mol. The second-order valence-electron chi connectivity index (χ2n) is 3.67. The molecule has 2 aromatic rings. The Morgan fingerprint density at radius 2 is 1.76 bits per heavy atom. The molecule has 0 spiro atoms. The van der Waals surface area contributed by atoms with Gasteiger partial charge in [-0.3, -0.25) is 0 Å². The van der Waals surface area contributed by atoms with Gasteiger partial charge in [0, 0.05) is 5.56 Å². The lowest BCUT2D eigenvalue weighted by atomic mass is 9.92. The van der Waals surface area contributed by atoms with Gasteiger partial charge in [-0.05, 0) is 11.6 Å². The minimum atomic E-state index is -0.616. The summed E-state index contributed by atoms with van der Waals surface area (Å²) < 4.78 is 13.8. The van der Waals surface area contributed by atoms with Crippen LogP contribution in [-0.2, 0) is 4.79 Å². The zero-order chi connectivity index (χ0) is 12.3. The Bertz CT molecular complexity index is 525. The highest BCUT2D eigenvalue weighted by molar-refractivity contribution is 6.30. The van der Waals surface area contributed by atoms with E-state index in [1.54, 1.807) is 24.3 Å². The first-order chi connectivity index (χ1) is 8.24. The molecule has 0 fully saturated rings. The van der Waals surface area contributed by atoms with E-state index < -0.39 is 11.7 Å². The molecule has 0 saturated carbocycles. The Kier molecular flexibility index (Phi) is 3.55. The third kappa shape index (κ3) is 2.37. The van der Waals surface area contributed by atoms with Crippen molar-refractivity contribution in [2.75, 3.05) is 0 Å². The van der Waals surface area contributed by atoms with Crippen molar-refractivity contribution in [3.8, 4) is 0 Å². The summed E-state index contributed by atoms with van der Waals surface area (Å²) in [5, 5.41) is 0.0327. The molecule has 0 bridgehead atoms. The molecular formula is C14H10ClFO. The highest BCUT2D eigenvalue weighted by atomic mass is 35.5. The second kappa shape index (κ2) is 5.11. The molecule has 0 N–H and O–H groups in total. The summed E-state index contributed by atoms with van der Waals surface area (Å²) in [7, 11) is 0. The van der Waals surface area contributed by atoms with Gasteiger partial charge in [-0.2, -0.15) is 0 Å². The van der Waals surface area contributed by atoms with E-state index in [1.165, 1.54) is 6.07 Å². The quantitative estimate of drug-likeness (QED) is 0.755. The predicted octanol–water partition coefficient (Wildman–Crippen LogP) is 3.81. The van der Waals surface area contributed by atoms with Crippen LogP contribution in [0, 0.1) is 5.82 Å². The molecule has 86 valence electrons. The third-order valence-corrected chi connectivity index (χ3v) is 2.90. The number of aldehydes is 1. The van der Waals surface area contributed by atoms with Gasteiger partial charge < -0.3 is 4.79 Å². The van der Waals surface area contributed by atoms with E-state index in [9.17, 15) is 9.18 Å². The van der Waals surface area contributed by atoms with Crippen LogP contribution in [0.1, 0.15) is 17.0 Å². The van der Waals surface area contributed by atoms with E-state index in [0.717, 1.165) is 11.8 Å². The Balaban J connectivity index is 2.50. The average molecular weight is 249 g/mol. The van der Waals surface area contributed by atoms with E-state index in [0.29, 0.717) is 5.56 Å². The maximum absolute atomic E-state index is 13.8. The van der Waals surface area contributed by atoms with E-state index in [4.69, 9.17) is 11.6 Å². The van der Waals surface area contributed by atoms with E-state index in [-0.39, 0.29) is 5.02 Å². The Morgan fingerprint density at radius 3 is 2.41 bits per heavy atom. The van der Waals surface area contributed by atoms with Gasteiger partial charge in [-0.1, -0.05) is 54.1 Å². The van der Waals surface area contributed by atoms with Gasteiger partial charge in [-0.25, -0.2) is 4.39 Å². The number of carbonyl (C=O) groups is 1. The van der Waals surface area contributed by atoms with Crippen LogP contribution in [0.3, 0.4) is 0 Å². The summed E-state index contributed by atoms with van der Waals surface area (Å²) in [5.74, 6) is -1.15. The van der Waals surface area contributed by atoms with Gasteiger partial charge in [0.15, 0.2) is 0 Å². The molecule has 1 atom stereocenters. The molecule has 0 amide bonds. The number of halogens is 2. The highest BCUT2D eigenvalue weighted by Crippen LogP contribution is 2.28. The molecule has 0 aliphatic carbocycles. The minimum absolute atomic E-state index is 0.0327. The normalized spacial score (nSPS) is 12.1. The Hall–Kier alpha value is -1.67. The van der Waals surface area contributed by atoms with Crippen LogP contribution in [0.4, 0.5) is 4.39 Å². The second-order valence-corrected chi connectivity index (χ2v) is 4.07. The van der Waals surface area contributed by atoms with Gasteiger partial charge in [0.1, 0.15) is 12.1 Å². The molecular weight excluding hydrogens is 239 g/mol. The van der Waals surface area contributed by atoms with Crippen LogP contribution in [0.15, 0.2) is 48.5 Å². The van der Waals surface area contributed by atoms with E-state index >= 15 is 0 Å². The van der Waals surface area contributed by atoms with Gasteiger partial charge in [0.25, 0.3) is 0 Å². The lowest BCUT2D eigenvalue weighted by Gasteiger charge is -2.12. The average Bonchev–Trinajstić information content (AvgIpc) is 2.37. The summed E-state index contributed by atoms with van der Waals surface area (Å²) in [4.78, 5) is 11.2. The van der Waals surface area contributed by atoms with Gasteiger partial charge >= 0.3 is 0 Å². The SMILES string of the molecule is O=CC(c1ccccc1)c1cccc(Cl)c1F. The van der Waals surface area contributed by atoms with Crippen molar-refractivity contribution in [3.63, 3.8) is 0 Å². The van der Waals surface area contributed by atoms with Crippen LogP contribution >= 0.6 is 11.6 Å². The standard InChI is InChI=1S/C14H10ClFO/c15-13-8-4-7-11(14(13)16)12(9-17)10-5-2-1-3-6-10/h1-9,12H. The van der Waals surface area contributed by atoms with Crippen LogP contribution in [0.2, 0.25) is 5.02 Å². The fourth-order valence-electron chi connectivity index (χ4n) is 1.75. The number of rotatable bonds is 3. The van der Waals surface area contributed by atoms with Crippen LogP contribution < -0.4 is 0 Å². The van der Waals surface area contributed by atoms with Crippen molar-refractivity contribution >= 4 is 17.9 Å². The lowest BCUT2D eigenvalue weighted by Crippen LogP contribution is -2.05. The van der Waals surface area contributed by atoms with Crippen molar-refractivity contribution < 1.29 is 9.18 Å². The lowest BCUT2D eigenvalue weighted by molar-refractivity contribution is -0.108. The van der Waals surface area contributed by atoms with Gasteiger partial charge in [0.2, 0.25) is 0 Å². The molecule has 0 heterocycles. The number of benzene rings is 2. The molecule has 0 aromatic heterocycles. The van der Waals surface area contributed by atoms with Crippen LogP contribution in [0.5, 0.6) is 0 Å². The predicted molar refractivity (Wildman–Crippen MR) is 65.8 cm³/mol. The number of carbonyl (C=O) groups excluding carboxylic acids is 1. The molecule has 2 aromatic carbocycles. The molecule has 0 saturated heterocycles. The van der Waals surface area contributed by atoms with Crippen LogP contribution in [0.25, 0.3) is 0 Å². The number of hydrogen-bond acceptors (Lipinski definition) is 1. The minimum Gasteiger partial charge on any atom is -0.302 e. The summed E-state index contributed by atoms with van der Waals surface area (Å²) in [6.07, 6.45) is 0.726. The van der Waals surface area contributed by atoms with Crippen molar-refractivity contribution in [2.24, 2.45) is 0 Å². The zero-order valence-corrected chi connectivity index (χ0v) is 9.69. The smallest absolute Gasteiger partial charge is 0.146 e. The van der Waals surface area contributed by atoms with Crippen molar-refractivity contribution in [2.45, 2.75) is 5.92 Å². The Labute approximate surface area is 104 Å². The number of hydrogen-bond donors (Lipinski definition) is 0. The first-order valence-corrected chi connectivity index (χ1v) is 5.56. The fourth-order valence-corrected chi connectivity index (χ4v) is 1.93.